The standard InChI is InChI=1S/C19H28N2O2/c1-19(2,3)16-6-4-15(5-7-16)14-20-9-11-21(12-10-20)17-8-13-23-18(17)22/h4-7,17H,8-14H2,1-3H3. The largest absolute Gasteiger partial charge is 0.464 e. The van der Waals surface area contributed by atoms with Gasteiger partial charge in [-0.3, -0.25) is 14.6 Å². The van der Waals surface area contributed by atoms with Crippen molar-refractivity contribution in [2.24, 2.45) is 0 Å². The SMILES string of the molecule is CC(C)(C)c1ccc(CN2CCN(C3CCOC3=O)CC2)cc1. The lowest BCUT2D eigenvalue weighted by molar-refractivity contribution is -0.142. The maximum absolute atomic E-state index is 11.7. The van der Waals surface area contributed by atoms with E-state index in [-0.39, 0.29) is 17.4 Å². The number of rotatable bonds is 3. The first kappa shape index (κ1) is 16.5. The summed E-state index contributed by atoms with van der Waals surface area (Å²) in [7, 11) is 0. The van der Waals surface area contributed by atoms with Crippen LogP contribution in [0.25, 0.3) is 0 Å². The highest BCUT2D eigenvalue weighted by atomic mass is 16.5. The highest BCUT2D eigenvalue weighted by Gasteiger charge is 2.33. The molecule has 2 saturated heterocycles. The number of hydrogen-bond acceptors (Lipinski definition) is 4. The summed E-state index contributed by atoms with van der Waals surface area (Å²) in [6.45, 7) is 12.3. The van der Waals surface area contributed by atoms with Crippen LogP contribution in [0, 0.1) is 0 Å². The third-order valence-corrected chi connectivity index (χ3v) is 4.98. The fourth-order valence-corrected chi connectivity index (χ4v) is 3.42. The summed E-state index contributed by atoms with van der Waals surface area (Å²) >= 11 is 0. The fraction of sp³-hybridized carbons (Fsp3) is 0.632. The first-order valence-corrected chi connectivity index (χ1v) is 8.66. The average Bonchev–Trinajstić information content (AvgIpc) is 2.94. The van der Waals surface area contributed by atoms with Crippen molar-refractivity contribution in [2.75, 3.05) is 32.8 Å². The van der Waals surface area contributed by atoms with Crippen LogP contribution in [0.5, 0.6) is 0 Å². The van der Waals surface area contributed by atoms with E-state index in [1.807, 2.05) is 0 Å². The Hall–Kier alpha value is -1.39. The number of nitrogens with zero attached hydrogens (tertiary/aromatic N) is 2. The van der Waals surface area contributed by atoms with Crippen molar-refractivity contribution in [1.29, 1.82) is 0 Å². The van der Waals surface area contributed by atoms with Crippen LogP contribution < -0.4 is 0 Å². The van der Waals surface area contributed by atoms with Gasteiger partial charge < -0.3 is 4.74 Å². The molecule has 0 radical (unpaired) electrons. The van der Waals surface area contributed by atoms with E-state index in [1.54, 1.807) is 0 Å². The number of carbonyl (C=O) groups is 1. The van der Waals surface area contributed by atoms with Gasteiger partial charge in [-0.25, -0.2) is 0 Å². The second-order valence-electron chi connectivity index (χ2n) is 7.73. The monoisotopic (exact) mass is 316 g/mol. The third-order valence-electron chi connectivity index (χ3n) is 4.98. The molecule has 0 bridgehead atoms. The molecule has 0 N–H and O–H groups in total. The van der Waals surface area contributed by atoms with Gasteiger partial charge >= 0.3 is 5.97 Å². The van der Waals surface area contributed by atoms with Gasteiger partial charge in [0.2, 0.25) is 0 Å². The molecule has 1 unspecified atom stereocenters. The van der Waals surface area contributed by atoms with Crippen molar-refractivity contribution in [3.8, 4) is 0 Å². The van der Waals surface area contributed by atoms with E-state index in [1.165, 1.54) is 11.1 Å². The molecular formula is C19H28N2O2. The number of carbonyl (C=O) groups excluding carboxylic acids is 1. The molecule has 2 aliphatic rings. The molecule has 2 fully saturated rings. The number of ether oxygens (including phenoxy) is 1. The van der Waals surface area contributed by atoms with Crippen LogP contribution in [0.3, 0.4) is 0 Å². The summed E-state index contributed by atoms with van der Waals surface area (Å²) in [5, 5.41) is 0. The zero-order valence-corrected chi connectivity index (χ0v) is 14.5. The van der Waals surface area contributed by atoms with Crippen LogP contribution >= 0.6 is 0 Å². The molecule has 1 aromatic rings. The molecule has 2 aliphatic heterocycles. The van der Waals surface area contributed by atoms with Crippen molar-refractivity contribution in [1.82, 2.24) is 9.80 Å². The minimum atomic E-state index is -0.0313. The quantitative estimate of drug-likeness (QED) is 0.802. The number of esters is 1. The molecule has 1 aromatic carbocycles. The van der Waals surface area contributed by atoms with Gasteiger partial charge in [-0.15, -0.1) is 0 Å². The molecular weight excluding hydrogens is 288 g/mol. The number of benzene rings is 1. The van der Waals surface area contributed by atoms with E-state index in [4.69, 9.17) is 4.74 Å². The number of piperazine rings is 1. The maximum Gasteiger partial charge on any atom is 0.323 e. The summed E-state index contributed by atoms with van der Waals surface area (Å²) in [6, 6.07) is 9.01. The smallest absolute Gasteiger partial charge is 0.323 e. The summed E-state index contributed by atoms with van der Waals surface area (Å²) < 4.78 is 5.09. The molecule has 126 valence electrons. The molecule has 1 atom stereocenters. The Balaban J connectivity index is 1.51. The Morgan fingerprint density at radius 2 is 1.74 bits per heavy atom. The van der Waals surface area contributed by atoms with Crippen molar-refractivity contribution in [3.63, 3.8) is 0 Å². The Bertz CT molecular complexity index is 539. The molecule has 4 nitrogen and oxygen atoms in total. The molecule has 0 aliphatic carbocycles. The Labute approximate surface area is 139 Å². The minimum absolute atomic E-state index is 0.00298. The number of hydrogen-bond donors (Lipinski definition) is 0. The first-order valence-electron chi connectivity index (χ1n) is 8.66. The topological polar surface area (TPSA) is 32.8 Å². The minimum Gasteiger partial charge on any atom is -0.464 e. The Kier molecular flexibility index (Phi) is 4.74. The van der Waals surface area contributed by atoms with E-state index >= 15 is 0 Å². The fourth-order valence-electron chi connectivity index (χ4n) is 3.42. The first-order chi connectivity index (χ1) is 10.9. The van der Waals surface area contributed by atoms with Crippen LogP contribution in [0.2, 0.25) is 0 Å². The molecule has 3 rings (SSSR count). The lowest BCUT2D eigenvalue weighted by atomic mass is 9.87. The highest BCUT2D eigenvalue weighted by Crippen LogP contribution is 2.23. The zero-order chi connectivity index (χ0) is 16.4. The zero-order valence-electron chi connectivity index (χ0n) is 14.5. The second kappa shape index (κ2) is 6.62. The van der Waals surface area contributed by atoms with Crippen molar-refractivity contribution < 1.29 is 9.53 Å². The highest BCUT2D eigenvalue weighted by molar-refractivity contribution is 5.77. The van der Waals surface area contributed by atoms with Crippen LogP contribution in [-0.2, 0) is 21.5 Å². The van der Waals surface area contributed by atoms with Crippen LogP contribution in [0.15, 0.2) is 24.3 Å². The van der Waals surface area contributed by atoms with Gasteiger partial charge in [-0.05, 0) is 16.5 Å². The molecule has 2 heterocycles. The van der Waals surface area contributed by atoms with Gasteiger partial charge in [-0.1, -0.05) is 45.0 Å². The van der Waals surface area contributed by atoms with E-state index in [9.17, 15) is 4.79 Å². The third kappa shape index (κ3) is 3.93. The molecule has 4 heteroatoms. The summed E-state index contributed by atoms with van der Waals surface area (Å²) in [4.78, 5) is 16.4. The van der Waals surface area contributed by atoms with Gasteiger partial charge in [0.05, 0.1) is 6.61 Å². The molecule has 0 aromatic heterocycles. The van der Waals surface area contributed by atoms with Crippen LogP contribution in [0.1, 0.15) is 38.3 Å². The summed E-state index contributed by atoms with van der Waals surface area (Å²) in [5.74, 6) is -0.0313. The van der Waals surface area contributed by atoms with Gasteiger partial charge in [0, 0.05) is 39.1 Å². The molecule has 0 spiro atoms. The summed E-state index contributed by atoms with van der Waals surface area (Å²) in [5.41, 5.74) is 2.96. The maximum atomic E-state index is 11.7. The second-order valence-corrected chi connectivity index (χ2v) is 7.73. The van der Waals surface area contributed by atoms with Gasteiger partial charge in [0.25, 0.3) is 0 Å². The molecule has 0 saturated carbocycles. The lowest BCUT2D eigenvalue weighted by Gasteiger charge is -2.36. The Morgan fingerprint density at radius 1 is 1.09 bits per heavy atom. The van der Waals surface area contributed by atoms with Crippen molar-refractivity contribution in [2.45, 2.75) is 45.2 Å². The van der Waals surface area contributed by atoms with Crippen molar-refractivity contribution in [3.05, 3.63) is 35.4 Å². The van der Waals surface area contributed by atoms with Gasteiger partial charge in [0.15, 0.2) is 0 Å². The molecule has 23 heavy (non-hydrogen) atoms. The lowest BCUT2D eigenvalue weighted by Crippen LogP contribution is -2.51. The van der Waals surface area contributed by atoms with E-state index in [2.05, 4.69) is 54.8 Å². The van der Waals surface area contributed by atoms with Gasteiger partial charge in [-0.2, -0.15) is 0 Å². The van der Waals surface area contributed by atoms with Crippen LogP contribution in [-0.4, -0.2) is 54.6 Å². The Morgan fingerprint density at radius 3 is 2.26 bits per heavy atom. The molecule has 0 amide bonds. The predicted octanol–water partition coefficient (Wildman–Crippen LogP) is 2.42. The predicted molar refractivity (Wildman–Crippen MR) is 91.4 cm³/mol. The van der Waals surface area contributed by atoms with E-state index in [0.717, 1.165) is 39.1 Å². The van der Waals surface area contributed by atoms with E-state index < -0.39 is 0 Å². The van der Waals surface area contributed by atoms with E-state index in [0.29, 0.717) is 6.61 Å². The van der Waals surface area contributed by atoms with Crippen molar-refractivity contribution >= 4 is 5.97 Å². The average molecular weight is 316 g/mol. The summed E-state index contributed by atoms with van der Waals surface area (Å²) in [6.07, 6.45) is 0.854. The van der Waals surface area contributed by atoms with Gasteiger partial charge in [0.1, 0.15) is 6.04 Å². The number of cyclic esters (lactones) is 1. The normalized spacial score (nSPS) is 24.0. The van der Waals surface area contributed by atoms with Crippen LogP contribution in [0.4, 0.5) is 0 Å².